The first-order chi connectivity index (χ1) is 8.31. The van der Waals surface area contributed by atoms with E-state index >= 15 is 0 Å². The SMILES string of the molecule is CC(C)COC(=O)C[C@@H](CNC(=O)O)CC(C)C. The average molecular weight is 259 g/mol. The van der Waals surface area contributed by atoms with E-state index < -0.39 is 6.09 Å². The first kappa shape index (κ1) is 16.7. The number of rotatable bonds is 8. The molecule has 0 aromatic carbocycles. The lowest BCUT2D eigenvalue weighted by atomic mass is 9.94. The summed E-state index contributed by atoms with van der Waals surface area (Å²) in [6, 6.07) is 0. The Balaban J connectivity index is 4.12. The molecule has 18 heavy (non-hydrogen) atoms. The average Bonchev–Trinajstić information content (AvgIpc) is 2.22. The van der Waals surface area contributed by atoms with E-state index in [2.05, 4.69) is 5.32 Å². The Bertz CT molecular complexity index is 264. The van der Waals surface area contributed by atoms with Crippen LogP contribution in [0.3, 0.4) is 0 Å². The van der Waals surface area contributed by atoms with Crippen LogP contribution >= 0.6 is 0 Å². The van der Waals surface area contributed by atoms with E-state index in [0.29, 0.717) is 25.0 Å². The molecule has 0 spiro atoms. The van der Waals surface area contributed by atoms with Crippen LogP contribution in [0.25, 0.3) is 0 Å². The predicted molar refractivity (Wildman–Crippen MR) is 69.4 cm³/mol. The summed E-state index contributed by atoms with van der Waals surface area (Å²) in [7, 11) is 0. The zero-order chi connectivity index (χ0) is 14.1. The quantitative estimate of drug-likeness (QED) is 0.657. The van der Waals surface area contributed by atoms with Crippen LogP contribution < -0.4 is 5.32 Å². The highest BCUT2D eigenvalue weighted by Crippen LogP contribution is 2.15. The Kier molecular flexibility index (Phi) is 8.16. The van der Waals surface area contributed by atoms with Gasteiger partial charge in [0.25, 0.3) is 0 Å². The number of esters is 1. The summed E-state index contributed by atoms with van der Waals surface area (Å²) < 4.78 is 5.11. The van der Waals surface area contributed by atoms with Gasteiger partial charge in [-0.15, -0.1) is 0 Å². The van der Waals surface area contributed by atoms with Crippen molar-refractivity contribution >= 4 is 12.1 Å². The number of hydrogen-bond donors (Lipinski definition) is 2. The second-order valence-electron chi connectivity index (χ2n) is 5.46. The molecule has 5 nitrogen and oxygen atoms in total. The molecule has 0 heterocycles. The maximum Gasteiger partial charge on any atom is 0.404 e. The van der Waals surface area contributed by atoms with E-state index in [1.807, 2.05) is 27.7 Å². The number of ether oxygens (including phenoxy) is 1. The van der Waals surface area contributed by atoms with Crippen molar-refractivity contribution in [2.24, 2.45) is 17.8 Å². The first-order valence-corrected chi connectivity index (χ1v) is 6.43. The largest absolute Gasteiger partial charge is 0.465 e. The summed E-state index contributed by atoms with van der Waals surface area (Å²) in [6.07, 6.45) is 0.0155. The number of carboxylic acid groups (broad SMARTS) is 1. The zero-order valence-electron chi connectivity index (χ0n) is 11.7. The van der Waals surface area contributed by atoms with Gasteiger partial charge in [0.05, 0.1) is 13.0 Å². The molecule has 0 aliphatic rings. The Morgan fingerprint density at radius 2 is 1.78 bits per heavy atom. The summed E-state index contributed by atoms with van der Waals surface area (Å²) in [4.78, 5) is 22.0. The lowest BCUT2D eigenvalue weighted by Crippen LogP contribution is -2.30. The molecule has 0 aliphatic heterocycles. The minimum Gasteiger partial charge on any atom is -0.465 e. The topological polar surface area (TPSA) is 75.6 Å². The van der Waals surface area contributed by atoms with Crippen LogP contribution in [0, 0.1) is 17.8 Å². The molecule has 5 heteroatoms. The second kappa shape index (κ2) is 8.78. The van der Waals surface area contributed by atoms with Gasteiger partial charge >= 0.3 is 12.1 Å². The Morgan fingerprint density at radius 1 is 1.17 bits per heavy atom. The summed E-state index contributed by atoms with van der Waals surface area (Å²) >= 11 is 0. The first-order valence-electron chi connectivity index (χ1n) is 6.43. The molecular weight excluding hydrogens is 234 g/mol. The Morgan fingerprint density at radius 3 is 2.22 bits per heavy atom. The van der Waals surface area contributed by atoms with Crippen LogP contribution in [0.4, 0.5) is 4.79 Å². The second-order valence-corrected chi connectivity index (χ2v) is 5.46. The third-order valence-electron chi connectivity index (χ3n) is 2.38. The lowest BCUT2D eigenvalue weighted by Gasteiger charge is -2.18. The number of carbonyl (C=O) groups is 2. The van der Waals surface area contributed by atoms with E-state index in [9.17, 15) is 9.59 Å². The zero-order valence-corrected chi connectivity index (χ0v) is 11.7. The Hall–Kier alpha value is -1.26. The van der Waals surface area contributed by atoms with Gasteiger partial charge in [-0.3, -0.25) is 4.79 Å². The van der Waals surface area contributed by atoms with Crippen molar-refractivity contribution in [1.82, 2.24) is 5.32 Å². The molecule has 0 unspecified atom stereocenters. The van der Waals surface area contributed by atoms with Gasteiger partial charge < -0.3 is 15.2 Å². The normalized spacial score (nSPS) is 12.6. The van der Waals surface area contributed by atoms with Gasteiger partial charge in [-0.1, -0.05) is 27.7 Å². The summed E-state index contributed by atoms with van der Waals surface area (Å²) in [5, 5.41) is 10.9. The van der Waals surface area contributed by atoms with E-state index in [1.54, 1.807) is 0 Å². The van der Waals surface area contributed by atoms with Crippen molar-refractivity contribution in [3.8, 4) is 0 Å². The number of carbonyl (C=O) groups excluding carboxylic acids is 1. The monoisotopic (exact) mass is 259 g/mol. The van der Waals surface area contributed by atoms with Gasteiger partial charge in [0.1, 0.15) is 0 Å². The van der Waals surface area contributed by atoms with Crippen LogP contribution in [0.15, 0.2) is 0 Å². The highest BCUT2D eigenvalue weighted by molar-refractivity contribution is 5.70. The molecular formula is C13H25NO4. The molecule has 0 saturated carbocycles. The number of hydrogen-bond acceptors (Lipinski definition) is 3. The van der Waals surface area contributed by atoms with E-state index in [0.717, 1.165) is 6.42 Å². The van der Waals surface area contributed by atoms with Crippen molar-refractivity contribution < 1.29 is 19.4 Å². The third-order valence-corrected chi connectivity index (χ3v) is 2.38. The molecule has 0 bridgehead atoms. The van der Waals surface area contributed by atoms with Crippen LogP contribution in [0.5, 0.6) is 0 Å². The maximum absolute atomic E-state index is 11.6. The van der Waals surface area contributed by atoms with Gasteiger partial charge in [0.2, 0.25) is 0 Å². The van der Waals surface area contributed by atoms with Gasteiger partial charge in [-0.2, -0.15) is 0 Å². The maximum atomic E-state index is 11.6. The van der Waals surface area contributed by atoms with Gasteiger partial charge in [0, 0.05) is 6.54 Å². The molecule has 0 rings (SSSR count). The highest BCUT2D eigenvalue weighted by atomic mass is 16.5. The Labute approximate surface area is 109 Å². The van der Waals surface area contributed by atoms with Crippen LogP contribution in [-0.2, 0) is 9.53 Å². The molecule has 1 atom stereocenters. The fraction of sp³-hybridized carbons (Fsp3) is 0.846. The van der Waals surface area contributed by atoms with Gasteiger partial charge in [0.15, 0.2) is 0 Å². The van der Waals surface area contributed by atoms with Crippen LogP contribution in [-0.4, -0.2) is 30.3 Å². The minimum atomic E-state index is -1.06. The standard InChI is InChI=1S/C13H25NO4/c1-9(2)5-11(7-14-13(16)17)6-12(15)18-8-10(3)4/h9-11,14H,5-8H2,1-4H3,(H,16,17)/t11-/m0/s1. The summed E-state index contributed by atoms with van der Waals surface area (Å²) in [6.45, 7) is 8.76. The molecule has 0 saturated heterocycles. The molecule has 0 fully saturated rings. The van der Waals surface area contributed by atoms with Crippen molar-refractivity contribution in [2.45, 2.75) is 40.5 Å². The van der Waals surface area contributed by atoms with Gasteiger partial charge in [-0.25, -0.2) is 4.79 Å². The van der Waals surface area contributed by atoms with Crippen molar-refractivity contribution in [3.05, 3.63) is 0 Å². The molecule has 1 amide bonds. The van der Waals surface area contributed by atoms with Crippen LogP contribution in [0.2, 0.25) is 0 Å². The molecule has 0 aromatic rings. The van der Waals surface area contributed by atoms with Crippen molar-refractivity contribution in [3.63, 3.8) is 0 Å². The van der Waals surface area contributed by atoms with Crippen molar-refractivity contribution in [1.29, 1.82) is 0 Å². The van der Waals surface area contributed by atoms with E-state index in [-0.39, 0.29) is 18.3 Å². The van der Waals surface area contributed by atoms with E-state index in [1.165, 1.54) is 0 Å². The lowest BCUT2D eigenvalue weighted by molar-refractivity contribution is -0.145. The minimum absolute atomic E-state index is 0.000706. The predicted octanol–water partition coefficient (Wildman–Crippen LogP) is 2.51. The third kappa shape index (κ3) is 9.93. The molecule has 0 aliphatic carbocycles. The highest BCUT2D eigenvalue weighted by Gasteiger charge is 2.17. The fourth-order valence-electron chi connectivity index (χ4n) is 1.69. The molecule has 0 aromatic heterocycles. The number of amides is 1. The summed E-state index contributed by atoms with van der Waals surface area (Å²) in [5.41, 5.74) is 0. The van der Waals surface area contributed by atoms with E-state index in [4.69, 9.17) is 9.84 Å². The molecule has 106 valence electrons. The smallest absolute Gasteiger partial charge is 0.404 e. The summed E-state index contributed by atoms with van der Waals surface area (Å²) in [5.74, 6) is 0.487. The van der Waals surface area contributed by atoms with Gasteiger partial charge in [-0.05, 0) is 24.2 Å². The molecule has 0 radical (unpaired) electrons. The van der Waals surface area contributed by atoms with Crippen molar-refractivity contribution in [2.75, 3.05) is 13.2 Å². The van der Waals surface area contributed by atoms with Crippen LogP contribution in [0.1, 0.15) is 40.5 Å². The molecule has 2 N–H and O–H groups in total. The fourth-order valence-corrected chi connectivity index (χ4v) is 1.69. The number of nitrogens with one attached hydrogen (secondary N) is 1.